The summed E-state index contributed by atoms with van der Waals surface area (Å²) in [6.45, 7) is 3.66. The highest BCUT2D eigenvalue weighted by Crippen LogP contribution is 2.38. The maximum Gasteiger partial charge on any atom is 0.226 e. The van der Waals surface area contributed by atoms with Gasteiger partial charge in [0.2, 0.25) is 5.91 Å². The fourth-order valence-electron chi connectivity index (χ4n) is 4.52. The van der Waals surface area contributed by atoms with Crippen molar-refractivity contribution < 1.29 is 19.0 Å². The molecule has 2 aliphatic heterocycles. The lowest BCUT2D eigenvalue weighted by Gasteiger charge is -2.31. The number of aliphatic hydroxyl groups excluding tert-OH is 1. The van der Waals surface area contributed by atoms with Gasteiger partial charge in [-0.2, -0.15) is 0 Å². The van der Waals surface area contributed by atoms with Crippen LogP contribution < -0.4 is 4.74 Å². The van der Waals surface area contributed by atoms with Crippen molar-refractivity contribution in [2.75, 3.05) is 19.7 Å². The van der Waals surface area contributed by atoms with Crippen molar-refractivity contribution in [3.63, 3.8) is 0 Å². The molecule has 1 unspecified atom stereocenters. The molecule has 2 aliphatic rings. The smallest absolute Gasteiger partial charge is 0.226 e. The first-order chi connectivity index (χ1) is 14.3. The lowest BCUT2D eigenvalue weighted by molar-refractivity contribution is -0.132. The van der Waals surface area contributed by atoms with E-state index in [2.05, 4.69) is 6.07 Å². The number of aliphatic hydroxyl groups is 1. The predicted molar refractivity (Wildman–Crippen MR) is 114 cm³/mol. The summed E-state index contributed by atoms with van der Waals surface area (Å²) in [7, 11) is 0. The molecule has 1 atom stereocenters. The van der Waals surface area contributed by atoms with Crippen LogP contribution in [0.2, 0.25) is 5.02 Å². The molecule has 6 heteroatoms. The molecule has 1 saturated heterocycles. The monoisotopic (exact) mass is 431 g/mol. The van der Waals surface area contributed by atoms with Gasteiger partial charge < -0.3 is 14.7 Å². The number of amides is 1. The minimum Gasteiger partial charge on any atom is -0.487 e. The third kappa shape index (κ3) is 4.62. The molecule has 2 aromatic rings. The average Bonchev–Trinajstić information content (AvgIpc) is 3.05. The van der Waals surface area contributed by atoms with Crippen LogP contribution in [-0.2, 0) is 24.1 Å². The van der Waals surface area contributed by atoms with E-state index in [9.17, 15) is 14.3 Å². The molecule has 0 aliphatic carbocycles. The Kier molecular flexibility index (Phi) is 6.03. The second-order valence-corrected chi connectivity index (χ2v) is 9.19. The Morgan fingerprint density at radius 3 is 2.67 bits per heavy atom. The number of piperidine rings is 1. The SMILES string of the molecule is CC1(Cc2ccc(Cl)c(F)c2)Cc2cc(CC(=O)N3CCC(CO)CC3)ccc2O1. The Morgan fingerprint density at radius 1 is 1.23 bits per heavy atom. The van der Waals surface area contributed by atoms with E-state index in [0.29, 0.717) is 38.3 Å². The first kappa shape index (κ1) is 21.1. The molecular formula is C24H27ClFNO3. The summed E-state index contributed by atoms with van der Waals surface area (Å²) in [5.41, 5.74) is 2.44. The van der Waals surface area contributed by atoms with E-state index in [-0.39, 0.29) is 17.5 Å². The van der Waals surface area contributed by atoms with Crippen LogP contribution in [0, 0.1) is 11.7 Å². The number of carbonyl (C=O) groups is 1. The number of likely N-dealkylation sites (tertiary alicyclic amines) is 1. The zero-order valence-electron chi connectivity index (χ0n) is 17.2. The van der Waals surface area contributed by atoms with Crippen molar-refractivity contribution in [2.45, 2.75) is 44.6 Å². The molecule has 4 rings (SSSR count). The van der Waals surface area contributed by atoms with E-state index >= 15 is 0 Å². The highest BCUT2D eigenvalue weighted by atomic mass is 35.5. The summed E-state index contributed by atoms with van der Waals surface area (Å²) in [5, 5.41) is 9.38. The molecular weight excluding hydrogens is 405 g/mol. The van der Waals surface area contributed by atoms with Gasteiger partial charge in [0.15, 0.2) is 0 Å². The van der Waals surface area contributed by atoms with Crippen LogP contribution in [0.25, 0.3) is 0 Å². The largest absolute Gasteiger partial charge is 0.487 e. The van der Waals surface area contributed by atoms with E-state index in [0.717, 1.165) is 35.3 Å². The maximum absolute atomic E-state index is 13.8. The lowest BCUT2D eigenvalue weighted by atomic mass is 9.91. The van der Waals surface area contributed by atoms with Crippen LogP contribution in [0.5, 0.6) is 5.75 Å². The van der Waals surface area contributed by atoms with Crippen LogP contribution in [0.3, 0.4) is 0 Å². The van der Waals surface area contributed by atoms with Gasteiger partial charge in [-0.1, -0.05) is 29.8 Å². The van der Waals surface area contributed by atoms with Gasteiger partial charge in [-0.25, -0.2) is 4.39 Å². The Labute approximate surface area is 181 Å². The van der Waals surface area contributed by atoms with Gasteiger partial charge in [-0.05, 0) is 60.6 Å². The second-order valence-electron chi connectivity index (χ2n) is 8.78. The van der Waals surface area contributed by atoms with Crippen molar-refractivity contribution in [3.8, 4) is 5.75 Å². The minimum absolute atomic E-state index is 0.120. The fraction of sp³-hybridized carbons (Fsp3) is 0.458. The Morgan fingerprint density at radius 2 is 1.97 bits per heavy atom. The third-order valence-corrected chi connectivity index (χ3v) is 6.50. The lowest BCUT2D eigenvalue weighted by Crippen LogP contribution is -2.40. The first-order valence-corrected chi connectivity index (χ1v) is 10.9. The topological polar surface area (TPSA) is 49.8 Å². The van der Waals surface area contributed by atoms with Crippen molar-refractivity contribution in [2.24, 2.45) is 5.92 Å². The standard InChI is InChI=1S/C24H27ClFNO3/c1-24(13-18-2-4-20(25)21(26)11-18)14-19-10-17(3-5-22(19)30-24)12-23(29)27-8-6-16(15-28)7-9-27/h2-5,10-11,16,28H,6-9,12-15H2,1H3. The van der Waals surface area contributed by atoms with Crippen molar-refractivity contribution in [3.05, 3.63) is 63.9 Å². The summed E-state index contributed by atoms with van der Waals surface area (Å²) in [5.74, 6) is 0.853. The third-order valence-electron chi connectivity index (χ3n) is 6.19. The number of hydrogen-bond donors (Lipinski definition) is 1. The number of halogens is 2. The molecule has 0 radical (unpaired) electrons. The molecule has 30 heavy (non-hydrogen) atoms. The van der Waals surface area contributed by atoms with E-state index in [1.54, 1.807) is 6.07 Å². The average molecular weight is 432 g/mol. The Bertz CT molecular complexity index is 942. The second kappa shape index (κ2) is 8.56. The molecule has 4 nitrogen and oxygen atoms in total. The Balaban J connectivity index is 1.40. The predicted octanol–water partition coefficient (Wildman–Crippen LogP) is 4.19. The molecule has 2 aromatic carbocycles. The van der Waals surface area contributed by atoms with Crippen LogP contribution in [0.4, 0.5) is 4.39 Å². The molecule has 1 fully saturated rings. The number of ether oxygens (including phenoxy) is 1. The number of carbonyl (C=O) groups excluding carboxylic acids is 1. The quantitative estimate of drug-likeness (QED) is 0.772. The van der Waals surface area contributed by atoms with E-state index < -0.39 is 11.4 Å². The zero-order valence-corrected chi connectivity index (χ0v) is 17.9. The minimum atomic E-state index is -0.461. The number of hydrogen-bond acceptors (Lipinski definition) is 3. The van der Waals surface area contributed by atoms with Crippen LogP contribution in [0.1, 0.15) is 36.5 Å². The maximum atomic E-state index is 13.8. The van der Waals surface area contributed by atoms with Crippen LogP contribution in [-0.4, -0.2) is 41.2 Å². The molecule has 1 N–H and O–H groups in total. The summed E-state index contributed by atoms with van der Waals surface area (Å²) in [6, 6.07) is 10.8. The van der Waals surface area contributed by atoms with Crippen molar-refractivity contribution >= 4 is 17.5 Å². The molecule has 1 amide bonds. The van der Waals surface area contributed by atoms with Gasteiger partial charge in [0.25, 0.3) is 0 Å². The highest BCUT2D eigenvalue weighted by Gasteiger charge is 2.35. The van der Waals surface area contributed by atoms with Gasteiger partial charge in [-0.3, -0.25) is 4.79 Å². The summed E-state index contributed by atoms with van der Waals surface area (Å²) in [4.78, 5) is 14.6. The molecule has 0 spiro atoms. The summed E-state index contributed by atoms with van der Waals surface area (Å²) >= 11 is 5.79. The van der Waals surface area contributed by atoms with Crippen LogP contribution >= 0.6 is 11.6 Å². The van der Waals surface area contributed by atoms with E-state index in [1.807, 2.05) is 30.0 Å². The molecule has 0 bridgehead atoms. The molecule has 160 valence electrons. The van der Waals surface area contributed by atoms with Gasteiger partial charge in [-0.15, -0.1) is 0 Å². The van der Waals surface area contributed by atoms with Gasteiger partial charge in [0.1, 0.15) is 17.2 Å². The number of benzene rings is 2. The van der Waals surface area contributed by atoms with Crippen LogP contribution in [0.15, 0.2) is 36.4 Å². The normalized spacial score (nSPS) is 21.4. The first-order valence-electron chi connectivity index (χ1n) is 10.5. The van der Waals surface area contributed by atoms with Crippen molar-refractivity contribution in [1.29, 1.82) is 0 Å². The molecule has 0 saturated carbocycles. The summed E-state index contributed by atoms with van der Waals surface area (Å²) < 4.78 is 20.0. The summed E-state index contributed by atoms with van der Waals surface area (Å²) in [6.07, 6.45) is 3.38. The number of nitrogens with zero attached hydrogens (tertiary/aromatic N) is 1. The number of fused-ring (bicyclic) bond motifs is 1. The zero-order chi connectivity index (χ0) is 21.3. The van der Waals surface area contributed by atoms with Gasteiger partial charge in [0, 0.05) is 32.5 Å². The highest BCUT2D eigenvalue weighted by molar-refractivity contribution is 6.30. The van der Waals surface area contributed by atoms with Gasteiger partial charge >= 0.3 is 0 Å². The van der Waals surface area contributed by atoms with Crippen molar-refractivity contribution in [1.82, 2.24) is 4.90 Å². The number of rotatable bonds is 5. The Hall–Kier alpha value is -2.11. The fourth-order valence-corrected chi connectivity index (χ4v) is 4.63. The van der Waals surface area contributed by atoms with Gasteiger partial charge in [0.05, 0.1) is 11.4 Å². The molecule has 2 heterocycles. The van der Waals surface area contributed by atoms with E-state index in [1.165, 1.54) is 6.07 Å². The van der Waals surface area contributed by atoms with E-state index in [4.69, 9.17) is 16.3 Å². The molecule has 0 aromatic heterocycles.